The van der Waals surface area contributed by atoms with Crippen LogP contribution in [0.4, 0.5) is 0 Å². The van der Waals surface area contributed by atoms with Crippen molar-refractivity contribution in [2.75, 3.05) is 0 Å². The Morgan fingerprint density at radius 2 is 0.889 bits per heavy atom. The van der Waals surface area contributed by atoms with Gasteiger partial charge in [0.1, 0.15) is 0 Å². The molecule has 1 heteroatoms. The Bertz CT molecular complexity index is 1280. The van der Waals surface area contributed by atoms with Crippen LogP contribution in [-0.4, -0.2) is 0 Å². The van der Waals surface area contributed by atoms with E-state index in [1.807, 2.05) is 0 Å². The SMILES string of the molecule is Ic1cc(-c2ccc3ccccc3c2)ccc1-c1ccc2ccccc2c1. The Morgan fingerprint density at radius 1 is 0.407 bits per heavy atom. The molecule has 0 saturated carbocycles. The molecule has 0 aliphatic rings. The molecular weight excluding hydrogens is 439 g/mol. The molecule has 0 amide bonds. The van der Waals surface area contributed by atoms with Gasteiger partial charge in [0.2, 0.25) is 0 Å². The zero-order chi connectivity index (χ0) is 18.2. The molecule has 5 aromatic rings. The lowest BCUT2D eigenvalue weighted by Crippen LogP contribution is -1.86. The standard InChI is InChI=1S/C26H17I/c27-26-17-23(22-11-9-18-5-1-3-7-20(18)15-22)13-14-25(26)24-12-10-19-6-2-4-8-21(19)16-24/h1-17H. The van der Waals surface area contributed by atoms with Gasteiger partial charge in [-0.25, -0.2) is 0 Å². The van der Waals surface area contributed by atoms with Crippen LogP contribution in [-0.2, 0) is 0 Å². The van der Waals surface area contributed by atoms with Gasteiger partial charge in [0, 0.05) is 3.57 Å². The highest BCUT2D eigenvalue weighted by molar-refractivity contribution is 14.1. The summed E-state index contributed by atoms with van der Waals surface area (Å²) in [5, 5.41) is 5.13. The third-order valence-electron chi connectivity index (χ3n) is 5.11. The van der Waals surface area contributed by atoms with Crippen LogP contribution in [0.2, 0.25) is 0 Å². The normalized spacial score (nSPS) is 11.1. The molecule has 0 unspecified atom stereocenters. The molecule has 0 N–H and O–H groups in total. The molecule has 0 radical (unpaired) electrons. The number of rotatable bonds is 2. The van der Waals surface area contributed by atoms with E-state index in [0.717, 1.165) is 0 Å². The van der Waals surface area contributed by atoms with Crippen molar-refractivity contribution in [3.63, 3.8) is 0 Å². The van der Waals surface area contributed by atoms with E-state index in [-0.39, 0.29) is 0 Å². The molecule has 5 rings (SSSR count). The molecule has 0 heterocycles. The molecule has 0 fully saturated rings. The molecule has 0 aromatic heterocycles. The number of hydrogen-bond donors (Lipinski definition) is 0. The quantitative estimate of drug-likeness (QED) is 0.237. The maximum atomic E-state index is 2.46. The van der Waals surface area contributed by atoms with Crippen LogP contribution >= 0.6 is 22.6 Å². The average Bonchev–Trinajstić information content (AvgIpc) is 2.73. The molecule has 0 atom stereocenters. The lowest BCUT2D eigenvalue weighted by atomic mass is 9.97. The summed E-state index contributed by atoms with van der Waals surface area (Å²) in [5.41, 5.74) is 5.07. The molecule has 5 aromatic carbocycles. The molecule has 0 nitrogen and oxygen atoms in total. The topological polar surface area (TPSA) is 0 Å². The van der Waals surface area contributed by atoms with E-state index in [2.05, 4.69) is 126 Å². The van der Waals surface area contributed by atoms with Crippen molar-refractivity contribution < 1.29 is 0 Å². The molecule has 0 spiro atoms. The smallest absolute Gasteiger partial charge is 0.0214 e. The van der Waals surface area contributed by atoms with E-state index < -0.39 is 0 Å². The fourth-order valence-corrected chi connectivity index (χ4v) is 4.48. The second-order valence-corrected chi connectivity index (χ2v) is 7.98. The van der Waals surface area contributed by atoms with Gasteiger partial charge >= 0.3 is 0 Å². The van der Waals surface area contributed by atoms with Crippen LogP contribution in [0, 0.1) is 3.57 Å². The van der Waals surface area contributed by atoms with Crippen molar-refractivity contribution in [3.8, 4) is 22.3 Å². The minimum Gasteiger partial charge on any atom is -0.0616 e. The predicted octanol–water partition coefficient (Wildman–Crippen LogP) is 7.93. The van der Waals surface area contributed by atoms with Crippen LogP contribution < -0.4 is 0 Å². The van der Waals surface area contributed by atoms with Crippen molar-refractivity contribution >= 4 is 44.1 Å². The highest BCUT2D eigenvalue weighted by atomic mass is 127. The van der Waals surface area contributed by atoms with Gasteiger partial charge in [-0.1, -0.05) is 84.9 Å². The van der Waals surface area contributed by atoms with Gasteiger partial charge in [0.15, 0.2) is 0 Å². The van der Waals surface area contributed by atoms with Crippen molar-refractivity contribution in [1.29, 1.82) is 0 Å². The van der Waals surface area contributed by atoms with E-state index in [9.17, 15) is 0 Å². The largest absolute Gasteiger partial charge is 0.0616 e. The van der Waals surface area contributed by atoms with Crippen molar-refractivity contribution in [2.45, 2.75) is 0 Å². The van der Waals surface area contributed by atoms with Gasteiger partial charge in [-0.15, -0.1) is 0 Å². The third kappa shape index (κ3) is 3.13. The molecular formula is C26H17I. The molecule has 0 saturated heterocycles. The zero-order valence-electron chi connectivity index (χ0n) is 14.7. The molecule has 0 aliphatic carbocycles. The summed E-state index contributed by atoms with van der Waals surface area (Å²) in [4.78, 5) is 0. The summed E-state index contributed by atoms with van der Waals surface area (Å²) >= 11 is 2.46. The first-order valence-electron chi connectivity index (χ1n) is 9.06. The van der Waals surface area contributed by atoms with Gasteiger partial charge in [0.05, 0.1) is 0 Å². The minimum atomic E-state index is 1.26. The Morgan fingerprint density at radius 3 is 1.52 bits per heavy atom. The highest BCUT2D eigenvalue weighted by Crippen LogP contribution is 2.32. The Hall–Kier alpha value is -2.65. The summed E-state index contributed by atoms with van der Waals surface area (Å²) in [6.07, 6.45) is 0. The molecule has 0 aliphatic heterocycles. The Kier molecular flexibility index (Phi) is 4.17. The predicted molar refractivity (Wildman–Crippen MR) is 125 cm³/mol. The van der Waals surface area contributed by atoms with Crippen LogP contribution in [0.1, 0.15) is 0 Å². The van der Waals surface area contributed by atoms with E-state index in [4.69, 9.17) is 0 Å². The van der Waals surface area contributed by atoms with Gasteiger partial charge in [-0.2, -0.15) is 0 Å². The Labute approximate surface area is 172 Å². The fraction of sp³-hybridized carbons (Fsp3) is 0. The van der Waals surface area contributed by atoms with Crippen molar-refractivity contribution in [1.82, 2.24) is 0 Å². The lowest BCUT2D eigenvalue weighted by molar-refractivity contribution is 1.58. The third-order valence-corrected chi connectivity index (χ3v) is 6.00. The molecule has 0 bridgehead atoms. The number of halogens is 1. The Balaban J connectivity index is 1.57. The van der Waals surface area contributed by atoms with E-state index >= 15 is 0 Å². The van der Waals surface area contributed by atoms with Gasteiger partial charge in [-0.05, 0) is 84.6 Å². The van der Waals surface area contributed by atoms with E-state index in [1.165, 1.54) is 47.4 Å². The van der Waals surface area contributed by atoms with Crippen LogP contribution in [0.3, 0.4) is 0 Å². The average molecular weight is 456 g/mol. The van der Waals surface area contributed by atoms with Crippen molar-refractivity contribution in [3.05, 3.63) is 107 Å². The summed E-state index contributed by atoms with van der Waals surface area (Å²) in [7, 11) is 0. The summed E-state index contributed by atoms with van der Waals surface area (Å²) in [6, 6.07) is 37.2. The highest BCUT2D eigenvalue weighted by Gasteiger charge is 2.07. The number of fused-ring (bicyclic) bond motifs is 2. The van der Waals surface area contributed by atoms with Crippen LogP contribution in [0.15, 0.2) is 103 Å². The first kappa shape index (κ1) is 16.5. The van der Waals surface area contributed by atoms with Crippen molar-refractivity contribution in [2.24, 2.45) is 0 Å². The molecule has 27 heavy (non-hydrogen) atoms. The minimum absolute atomic E-state index is 1.26. The maximum Gasteiger partial charge on any atom is 0.0214 e. The zero-order valence-corrected chi connectivity index (χ0v) is 16.9. The maximum absolute atomic E-state index is 2.46. The summed E-state index contributed by atoms with van der Waals surface area (Å²) < 4.78 is 1.27. The summed E-state index contributed by atoms with van der Waals surface area (Å²) in [5.74, 6) is 0. The second kappa shape index (κ2) is 6.82. The summed E-state index contributed by atoms with van der Waals surface area (Å²) in [6.45, 7) is 0. The fourth-order valence-electron chi connectivity index (χ4n) is 3.65. The monoisotopic (exact) mass is 456 g/mol. The molecule has 128 valence electrons. The van der Waals surface area contributed by atoms with Gasteiger partial charge in [-0.3, -0.25) is 0 Å². The number of benzene rings is 5. The van der Waals surface area contributed by atoms with E-state index in [1.54, 1.807) is 0 Å². The van der Waals surface area contributed by atoms with Crippen LogP contribution in [0.5, 0.6) is 0 Å². The second-order valence-electron chi connectivity index (χ2n) is 6.82. The first-order chi connectivity index (χ1) is 13.3. The van der Waals surface area contributed by atoms with E-state index in [0.29, 0.717) is 0 Å². The number of hydrogen-bond acceptors (Lipinski definition) is 0. The van der Waals surface area contributed by atoms with Gasteiger partial charge in [0.25, 0.3) is 0 Å². The first-order valence-corrected chi connectivity index (χ1v) is 10.1. The van der Waals surface area contributed by atoms with Gasteiger partial charge < -0.3 is 0 Å². The lowest BCUT2D eigenvalue weighted by Gasteiger charge is -2.10. The van der Waals surface area contributed by atoms with Crippen LogP contribution in [0.25, 0.3) is 43.8 Å².